The van der Waals surface area contributed by atoms with Gasteiger partial charge in [0.2, 0.25) is 0 Å². The smallest absolute Gasteiger partial charge is 0.326 e. The fourth-order valence-corrected chi connectivity index (χ4v) is 4.31. The Bertz CT molecular complexity index is 965. The summed E-state index contributed by atoms with van der Waals surface area (Å²) in [6.45, 7) is 2.28. The van der Waals surface area contributed by atoms with Gasteiger partial charge in [-0.2, -0.15) is 8.42 Å². The van der Waals surface area contributed by atoms with Crippen LogP contribution < -0.4 is 18.7 Å². The van der Waals surface area contributed by atoms with Crippen molar-refractivity contribution < 1.29 is 22.3 Å². The molecule has 2 aromatic rings. The number of para-hydroxylation sites is 1. The zero-order chi connectivity index (χ0) is 19.6. The Balaban J connectivity index is 1.72. The normalized spacial score (nSPS) is 14.8. The number of carbonyl (C=O) groups is 1. The van der Waals surface area contributed by atoms with Crippen molar-refractivity contribution in [1.29, 1.82) is 0 Å². The summed E-state index contributed by atoms with van der Waals surface area (Å²) < 4.78 is 46.3. The summed E-state index contributed by atoms with van der Waals surface area (Å²) in [7, 11) is -2.39. The number of hydrogen-bond donors (Lipinski definition) is 1. The zero-order valence-corrected chi connectivity index (χ0v) is 15.8. The van der Waals surface area contributed by atoms with Gasteiger partial charge in [0.05, 0.1) is 30.1 Å². The van der Waals surface area contributed by atoms with E-state index in [1.807, 2.05) is 6.92 Å². The van der Waals surface area contributed by atoms with E-state index in [0.29, 0.717) is 23.6 Å². The number of anilines is 2. The van der Waals surface area contributed by atoms with Gasteiger partial charge < -0.3 is 10.1 Å². The minimum absolute atomic E-state index is 0.0222. The fourth-order valence-electron chi connectivity index (χ4n) is 2.90. The van der Waals surface area contributed by atoms with Crippen LogP contribution in [0.5, 0.6) is 5.75 Å². The van der Waals surface area contributed by atoms with Gasteiger partial charge in [0.25, 0.3) is 5.91 Å². The summed E-state index contributed by atoms with van der Waals surface area (Å²) in [4.78, 5) is 12.4. The molecule has 1 amide bonds. The van der Waals surface area contributed by atoms with Crippen LogP contribution in [0.4, 0.5) is 15.8 Å². The first-order chi connectivity index (χ1) is 12.9. The molecule has 3 rings (SSSR count). The molecule has 0 aromatic heterocycles. The quantitative estimate of drug-likeness (QED) is 0.816. The second kappa shape index (κ2) is 7.43. The van der Waals surface area contributed by atoms with E-state index in [-0.39, 0.29) is 24.7 Å². The van der Waals surface area contributed by atoms with E-state index in [0.717, 1.165) is 8.61 Å². The van der Waals surface area contributed by atoms with Crippen molar-refractivity contribution >= 4 is 27.5 Å². The number of nitrogens with zero attached hydrogens (tertiary/aromatic N) is 2. The highest BCUT2D eigenvalue weighted by molar-refractivity contribution is 7.94. The molecule has 0 spiro atoms. The fraction of sp³-hybridized carbons (Fsp3) is 0.278. The Morgan fingerprint density at radius 1 is 1.19 bits per heavy atom. The topological polar surface area (TPSA) is 79.0 Å². The maximum absolute atomic E-state index is 13.6. The number of amides is 1. The molecule has 0 radical (unpaired) electrons. The lowest BCUT2D eigenvalue weighted by molar-refractivity contribution is 0.0951. The summed E-state index contributed by atoms with van der Waals surface area (Å²) in [5.41, 5.74) is 1.01. The molecule has 2 aromatic carbocycles. The van der Waals surface area contributed by atoms with Gasteiger partial charge in [0.15, 0.2) is 0 Å². The maximum atomic E-state index is 13.6. The highest BCUT2D eigenvalue weighted by Crippen LogP contribution is 2.39. The number of benzene rings is 2. The second-order valence-corrected chi connectivity index (χ2v) is 7.75. The maximum Gasteiger partial charge on any atom is 0.326 e. The predicted octanol–water partition coefficient (Wildman–Crippen LogP) is 2.16. The molecule has 1 N–H and O–H groups in total. The van der Waals surface area contributed by atoms with Crippen LogP contribution in [-0.2, 0) is 10.2 Å². The van der Waals surface area contributed by atoms with Crippen LogP contribution in [-0.4, -0.2) is 41.1 Å². The zero-order valence-electron chi connectivity index (χ0n) is 15.0. The molecule has 1 aliphatic heterocycles. The molecule has 9 heteroatoms. The van der Waals surface area contributed by atoms with Crippen LogP contribution in [0.2, 0.25) is 0 Å². The van der Waals surface area contributed by atoms with E-state index in [2.05, 4.69) is 5.32 Å². The SMILES string of the molecule is CCOc1ccccc1C(=O)NCCN1c2cc(F)ccc2N(C)S1(=O)=O. The van der Waals surface area contributed by atoms with Crippen LogP contribution >= 0.6 is 0 Å². The molecule has 1 aliphatic rings. The average molecular weight is 393 g/mol. The van der Waals surface area contributed by atoms with Crippen LogP contribution in [0.3, 0.4) is 0 Å². The monoisotopic (exact) mass is 393 g/mol. The number of rotatable bonds is 6. The largest absolute Gasteiger partial charge is 0.493 e. The van der Waals surface area contributed by atoms with Crippen molar-refractivity contribution in [1.82, 2.24) is 5.32 Å². The number of fused-ring (bicyclic) bond motifs is 1. The molecule has 0 fully saturated rings. The van der Waals surface area contributed by atoms with E-state index < -0.39 is 16.0 Å². The summed E-state index contributed by atoms with van der Waals surface area (Å²) >= 11 is 0. The number of halogens is 1. The molecular formula is C18H20FN3O4S. The third-order valence-corrected chi connectivity index (χ3v) is 6.03. The third-order valence-electron chi connectivity index (χ3n) is 4.20. The Labute approximate surface area is 157 Å². The van der Waals surface area contributed by atoms with Crippen molar-refractivity contribution in [3.63, 3.8) is 0 Å². The van der Waals surface area contributed by atoms with Crippen molar-refractivity contribution in [2.45, 2.75) is 6.92 Å². The summed E-state index contributed by atoms with van der Waals surface area (Å²) in [6.07, 6.45) is 0. The molecule has 0 saturated heterocycles. The Kier molecular flexibility index (Phi) is 5.22. The molecule has 7 nitrogen and oxygen atoms in total. The minimum atomic E-state index is -3.80. The van der Waals surface area contributed by atoms with Gasteiger partial charge in [-0.25, -0.2) is 8.70 Å². The van der Waals surface area contributed by atoms with Crippen LogP contribution in [0.15, 0.2) is 42.5 Å². The molecule has 27 heavy (non-hydrogen) atoms. The van der Waals surface area contributed by atoms with Gasteiger partial charge in [0.1, 0.15) is 11.6 Å². The van der Waals surface area contributed by atoms with Crippen molar-refractivity contribution in [3.05, 3.63) is 53.8 Å². The first-order valence-corrected chi connectivity index (χ1v) is 9.82. The van der Waals surface area contributed by atoms with Gasteiger partial charge in [-0.1, -0.05) is 12.1 Å². The molecule has 0 atom stereocenters. The Morgan fingerprint density at radius 3 is 2.67 bits per heavy atom. The summed E-state index contributed by atoms with van der Waals surface area (Å²) in [5, 5.41) is 2.69. The van der Waals surface area contributed by atoms with Crippen molar-refractivity contribution in [2.24, 2.45) is 0 Å². The standard InChI is InChI=1S/C18H20FN3O4S/c1-3-26-17-7-5-4-6-14(17)18(23)20-10-11-22-16-12-13(19)8-9-15(16)21(2)27(22,24)25/h4-9,12H,3,10-11H2,1-2H3,(H,20,23). The highest BCUT2D eigenvalue weighted by Gasteiger charge is 2.37. The first-order valence-electron chi connectivity index (χ1n) is 8.42. The summed E-state index contributed by atoms with van der Waals surface area (Å²) in [5.74, 6) is -0.444. The lowest BCUT2D eigenvalue weighted by Gasteiger charge is -2.19. The van der Waals surface area contributed by atoms with Crippen LogP contribution in [0.1, 0.15) is 17.3 Å². The van der Waals surface area contributed by atoms with Crippen LogP contribution in [0, 0.1) is 5.82 Å². The molecular weight excluding hydrogens is 373 g/mol. The predicted molar refractivity (Wildman–Crippen MR) is 101 cm³/mol. The number of hydrogen-bond acceptors (Lipinski definition) is 4. The van der Waals surface area contributed by atoms with E-state index in [4.69, 9.17) is 4.74 Å². The van der Waals surface area contributed by atoms with Gasteiger partial charge >= 0.3 is 10.2 Å². The number of nitrogens with one attached hydrogen (secondary N) is 1. The van der Waals surface area contributed by atoms with Gasteiger partial charge in [0, 0.05) is 19.7 Å². The molecule has 0 saturated carbocycles. The second-order valence-electron chi connectivity index (χ2n) is 5.87. The molecule has 0 unspecified atom stereocenters. The van der Waals surface area contributed by atoms with E-state index in [1.165, 1.54) is 25.2 Å². The third kappa shape index (κ3) is 3.55. The Morgan fingerprint density at radius 2 is 1.93 bits per heavy atom. The lowest BCUT2D eigenvalue weighted by atomic mass is 10.2. The lowest BCUT2D eigenvalue weighted by Crippen LogP contribution is -2.40. The first kappa shape index (κ1) is 19.0. The number of carbonyl (C=O) groups excluding carboxylic acids is 1. The van der Waals surface area contributed by atoms with Gasteiger partial charge in [-0.15, -0.1) is 0 Å². The van der Waals surface area contributed by atoms with Gasteiger partial charge in [-0.3, -0.25) is 9.10 Å². The highest BCUT2D eigenvalue weighted by atomic mass is 32.2. The molecule has 1 heterocycles. The molecule has 0 aliphatic carbocycles. The average Bonchev–Trinajstić information content (AvgIpc) is 2.82. The van der Waals surface area contributed by atoms with E-state index >= 15 is 0 Å². The Hall–Kier alpha value is -2.81. The minimum Gasteiger partial charge on any atom is -0.493 e. The van der Waals surface area contributed by atoms with Crippen LogP contribution in [0.25, 0.3) is 0 Å². The van der Waals surface area contributed by atoms with Crippen molar-refractivity contribution in [3.8, 4) is 5.75 Å². The molecule has 144 valence electrons. The molecule has 0 bridgehead atoms. The number of ether oxygens (including phenoxy) is 1. The van der Waals surface area contributed by atoms with E-state index in [9.17, 15) is 17.6 Å². The van der Waals surface area contributed by atoms with E-state index in [1.54, 1.807) is 24.3 Å². The summed E-state index contributed by atoms with van der Waals surface area (Å²) in [6, 6.07) is 10.6. The van der Waals surface area contributed by atoms with Gasteiger partial charge in [-0.05, 0) is 31.2 Å². The van der Waals surface area contributed by atoms with Crippen molar-refractivity contribution in [2.75, 3.05) is 35.4 Å².